The molecule has 8 nitrogen and oxygen atoms in total. The second-order valence-corrected chi connectivity index (χ2v) is 7.67. The number of carbonyl (C=O) groups is 1. The minimum absolute atomic E-state index is 0.179. The SMILES string of the molecule is CCOC(=O)N1CCN([C@@H]2CCCN(Cc3cccn3-c3ncccn3)C2)CC1. The number of nitrogens with zero attached hydrogens (tertiary/aromatic N) is 6. The Morgan fingerprint density at radius 3 is 2.69 bits per heavy atom. The van der Waals surface area contributed by atoms with Gasteiger partial charge in [0.2, 0.25) is 5.95 Å². The van der Waals surface area contributed by atoms with E-state index in [-0.39, 0.29) is 6.09 Å². The van der Waals surface area contributed by atoms with Crippen molar-refractivity contribution in [2.45, 2.75) is 32.4 Å². The van der Waals surface area contributed by atoms with Crippen molar-refractivity contribution in [2.75, 3.05) is 45.9 Å². The molecule has 0 N–H and O–H groups in total. The molecule has 0 radical (unpaired) electrons. The minimum atomic E-state index is -0.179. The van der Waals surface area contributed by atoms with E-state index < -0.39 is 0 Å². The number of likely N-dealkylation sites (tertiary alicyclic amines) is 1. The van der Waals surface area contributed by atoms with E-state index >= 15 is 0 Å². The van der Waals surface area contributed by atoms with Crippen LogP contribution in [0.2, 0.25) is 0 Å². The zero-order valence-electron chi connectivity index (χ0n) is 17.1. The first-order valence-electron chi connectivity index (χ1n) is 10.6. The maximum atomic E-state index is 11.9. The molecule has 0 aromatic carbocycles. The van der Waals surface area contributed by atoms with Crippen LogP contribution in [-0.2, 0) is 11.3 Å². The fourth-order valence-corrected chi connectivity index (χ4v) is 4.34. The van der Waals surface area contributed by atoms with Gasteiger partial charge in [0, 0.05) is 69.6 Å². The van der Waals surface area contributed by atoms with Crippen molar-refractivity contribution in [2.24, 2.45) is 0 Å². The van der Waals surface area contributed by atoms with Gasteiger partial charge >= 0.3 is 6.09 Å². The van der Waals surface area contributed by atoms with Crippen LogP contribution < -0.4 is 0 Å². The van der Waals surface area contributed by atoms with Crippen molar-refractivity contribution in [3.63, 3.8) is 0 Å². The summed E-state index contributed by atoms with van der Waals surface area (Å²) < 4.78 is 7.20. The first-order valence-corrected chi connectivity index (χ1v) is 10.6. The van der Waals surface area contributed by atoms with Crippen LogP contribution in [0.1, 0.15) is 25.5 Å². The number of hydrogen-bond acceptors (Lipinski definition) is 6. The standard InChI is InChI=1S/C21H30N6O2/c1-2-29-21(28)26-14-12-25(13-15-26)18-6-3-10-24(16-18)17-19-7-4-11-27(19)20-22-8-5-9-23-20/h4-5,7-9,11,18H,2-3,6,10,12-17H2,1H3/t18-/m1/s1. The molecule has 1 atom stereocenters. The molecule has 4 rings (SSSR count). The fourth-order valence-electron chi connectivity index (χ4n) is 4.34. The van der Waals surface area contributed by atoms with E-state index in [0.29, 0.717) is 12.6 Å². The Morgan fingerprint density at radius 2 is 1.93 bits per heavy atom. The van der Waals surface area contributed by atoms with Gasteiger partial charge in [0.25, 0.3) is 0 Å². The van der Waals surface area contributed by atoms with Gasteiger partial charge in [0.05, 0.1) is 6.61 Å². The Bertz CT molecular complexity index is 787. The van der Waals surface area contributed by atoms with Gasteiger partial charge in [-0.1, -0.05) is 0 Å². The average Bonchev–Trinajstić information content (AvgIpc) is 3.23. The Balaban J connectivity index is 1.33. The predicted octanol–water partition coefficient (Wildman–Crippen LogP) is 2.01. The second kappa shape index (κ2) is 9.37. The lowest BCUT2D eigenvalue weighted by Gasteiger charge is -2.43. The van der Waals surface area contributed by atoms with Gasteiger partial charge in [-0.15, -0.1) is 0 Å². The van der Waals surface area contributed by atoms with E-state index in [1.165, 1.54) is 18.5 Å². The smallest absolute Gasteiger partial charge is 0.409 e. The second-order valence-electron chi connectivity index (χ2n) is 7.67. The lowest BCUT2D eigenvalue weighted by Crippen LogP contribution is -2.55. The number of hydrogen-bond donors (Lipinski definition) is 0. The molecular weight excluding hydrogens is 368 g/mol. The van der Waals surface area contributed by atoms with Crippen LogP contribution in [0.4, 0.5) is 4.79 Å². The topological polar surface area (TPSA) is 66.7 Å². The van der Waals surface area contributed by atoms with Gasteiger partial charge in [-0.25, -0.2) is 14.8 Å². The van der Waals surface area contributed by atoms with Crippen LogP contribution in [0, 0.1) is 0 Å². The van der Waals surface area contributed by atoms with Crippen LogP contribution in [0.15, 0.2) is 36.8 Å². The van der Waals surface area contributed by atoms with Crippen LogP contribution in [0.25, 0.3) is 5.95 Å². The van der Waals surface area contributed by atoms with Gasteiger partial charge < -0.3 is 9.64 Å². The Hall–Kier alpha value is -2.45. The summed E-state index contributed by atoms with van der Waals surface area (Å²) in [5.74, 6) is 0.719. The van der Waals surface area contributed by atoms with Crippen molar-refractivity contribution in [3.05, 3.63) is 42.5 Å². The first kappa shape index (κ1) is 19.8. The summed E-state index contributed by atoms with van der Waals surface area (Å²) in [5, 5.41) is 0. The molecule has 156 valence electrons. The monoisotopic (exact) mass is 398 g/mol. The molecule has 29 heavy (non-hydrogen) atoms. The summed E-state index contributed by atoms with van der Waals surface area (Å²) in [6.07, 6.45) is 7.82. The van der Waals surface area contributed by atoms with Crippen molar-refractivity contribution >= 4 is 6.09 Å². The number of piperazine rings is 1. The molecule has 8 heteroatoms. The van der Waals surface area contributed by atoms with E-state index in [4.69, 9.17) is 4.74 Å². The third kappa shape index (κ3) is 4.76. The van der Waals surface area contributed by atoms with Gasteiger partial charge in [-0.05, 0) is 44.5 Å². The highest BCUT2D eigenvalue weighted by molar-refractivity contribution is 5.67. The van der Waals surface area contributed by atoms with Crippen molar-refractivity contribution in [3.8, 4) is 5.95 Å². The molecule has 2 aliphatic rings. The molecule has 2 saturated heterocycles. The predicted molar refractivity (Wildman–Crippen MR) is 110 cm³/mol. The summed E-state index contributed by atoms with van der Waals surface area (Å²) in [6.45, 7) is 8.70. The van der Waals surface area contributed by atoms with E-state index in [0.717, 1.165) is 51.8 Å². The molecule has 0 bridgehead atoms. The van der Waals surface area contributed by atoms with Crippen LogP contribution in [0.5, 0.6) is 0 Å². The third-order valence-corrected chi connectivity index (χ3v) is 5.82. The molecule has 2 aliphatic heterocycles. The number of rotatable bonds is 5. The van der Waals surface area contributed by atoms with Gasteiger partial charge in [-0.2, -0.15) is 0 Å². The fraction of sp³-hybridized carbons (Fsp3) is 0.571. The Kier molecular flexibility index (Phi) is 6.41. The molecule has 1 amide bonds. The zero-order valence-corrected chi connectivity index (χ0v) is 17.1. The normalized spacial score (nSPS) is 21.3. The number of carbonyl (C=O) groups excluding carboxylic acids is 1. The molecule has 4 heterocycles. The van der Waals surface area contributed by atoms with Gasteiger partial charge in [0.15, 0.2) is 0 Å². The molecule has 2 fully saturated rings. The largest absolute Gasteiger partial charge is 0.450 e. The lowest BCUT2D eigenvalue weighted by molar-refractivity contribution is 0.0409. The quantitative estimate of drug-likeness (QED) is 0.768. The Labute approximate surface area is 172 Å². The van der Waals surface area contributed by atoms with Crippen molar-refractivity contribution in [1.29, 1.82) is 0 Å². The summed E-state index contributed by atoms with van der Waals surface area (Å²) in [7, 11) is 0. The summed E-state index contributed by atoms with van der Waals surface area (Å²) in [5.41, 5.74) is 1.21. The van der Waals surface area contributed by atoms with Gasteiger partial charge in [0.1, 0.15) is 0 Å². The number of piperidine rings is 1. The molecule has 0 spiro atoms. The van der Waals surface area contributed by atoms with E-state index in [2.05, 4.69) is 36.5 Å². The number of amides is 1. The summed E-state index contributed by atoms with van der Waals surface area (Å²) in [6, 6.07) is 6.59. The molecular formula is C21H30N6O2. The highest BCUT2D eigenvalue weighted by Crippen LogP contribution is 2.20. The maximum absolute atomic E-state index is 11.9. The lowest BCUT2D eigenvalue weighted by atomic mass is 10.0. The maximum Gasteiger partial charge on any atom is 0.409 e. The summed E-state index contributed by atoms with van der Waals surface area (Å²) >= 11 is 0. The molecule has 2 aromatic heterocycles. The zero-order chi connectivity index (χ0) is 20.1. The number of aromatic nitrogens is 3. The van der Waals surface area contributed by atoms with E-state index in [1.807, 2.05) is 24.1 Å². The van der Waals surface area contributed by atoms with Crippen LogP contribution >= 0.6 is 0 Å². The first-order chi connectivity index (χ1) is 14.2. The van der Waals surface area contributed by atoms with Crippen LogP contribution in [-0.4, -0.2) is 87.2 Å². The number of ether oxygens (including phenoxy) is 1. The average molecular weight is 399 g/mol. The van der Waals surface area contributed by atoms with E-state index in [9.17, 15) is 4.79 Å². The minimum Gasteiger partial charge on any atom is -0.450 e. The van der Waals surface area contributed by atoms with Crippen molar-refractivity contribution in [1.82, 2.24) is 29.2 Å². The van der Waals surface area contributed by atoms with E-state index in [1.54, 1.807) is 12.4 Å². The summed E-state index contributed by atoms with van der Waals surface area (Å²) in [4.78, 5) is 27.6. The highest BCUT2D eigenvalue weighted by Gasteiger charge is 2.30. The highest BCUT2D eigenvalue weighted by atomic mass is 16.6. The molecule has 0 saturated carbocycles. The molecule has 0 unspecified atom stereocenters. The third-order valence-electron chi connectivity index (χ3n) is 5.82. The Morgan fingerprint density at radius 1 is 1.14 bits per heavy atom. The van der Waals surface area contributed by atoms with Crippen LogP contribution in [0.3, 0.4) is 0 Å². The van der Waals surface area contributed by atoms with Gasteiger partial charge in [-0.3, -0.25) is 14.4 Å². The molecule has 2 aromatic rings. The van der Waals surface area contributed by atoms with Crippen molar-refractivity contribution < 1.29 is 9.53 Å². The molecule has 0 aliphatic carbocycles.